The van der Waals surface area contributed by atoms with Crippen molar-refractivity contribution in [3.8, 4) is 28.7 Å². The number of hydrogen-bond acceptors (Lipinski definition) is 15. The highest BCUT2D eigenvalue weighted by Crippen LogP contribution is 2.45. The molecule has 0 saturated carbocycles. The van der Waals surface area contributed by atoms with Gasteiger partial charge in [-0.1, -0.05) is 6.07 Å². The Morgan fingerprint density at radius 2 is 1.31 bits per heavy atom. The van der Waals surface area contributed by atoms with Crippen LogP contribution in [0.2, 0.25) is 0 Å². The van der Waals surface area contributed by atoms with Gasteiger partial charge in [-0.25, -0.2) is 0 Å². The highest BCUT2D eigenvalue weighted by molar-refractivity contribution is 6.06. The first-order valence-electron chi connectivity index (χ1n) is 13.1. The second-order valence-electron chi connectivity index (χ2n) is 10.5. The van der Waals surface area contributed by atoms with Crippen LogP contribution < -0.4 is 9.47 Å². The minimum absolute atomic E-state index is 0.121. The molecule has 230 valence electrons. The third-order valence-electron chi connectivity index (χ3n) is 7.55. The molecule has 2 aromatic rings. The van der Waals surface area contributed by atoms with E-state index in [1.165, 1.54) is 19.9 Å². The second-order valence-corrected chi connectivity index (χ2v) is 10.5. The number of Topliss-reactive ketones (excluding diaryl/α,β-unsaturated/α-hetero) is 1. The number of ether oxygens (including phenoxy) is 5. The summed E-state index contributed by atoms with van der Waals surface area (Å²) in [5, 5.41) is 91.8. The zero-order valence-electron chi connectivity index (χ0n) is 22.3. The summed E-state index contributed by atoms with van der Waals surface area (Å²) in [4.78, 5) is 14.1. The Labute approximate surface area is 238 Å². The summed E-state index contributed by atoms with van der Waals surface area (Å²) >= 11 is 0. The van der Waals surface area contributed by atoms with Crippen molar-refractivity contribution in [3.05, 3.63) is 41.5 Å². The van der Waals surface area contributed by atoms with E-state index in [0.29, 0.717) is 0 Å². The molecule has 0 unspecified atom stereocenters. The molecule has 42 heavy (non-hydrogen) atoms. The van der Waals surface area contributed by atoms with Gasteiger partial charge in [0.2, 0.25) is 12.1 Å². The Hall–Kier alpha value is -3.25. The van der Waals surface area contributed by atoms with Gasteiger partial charge in [0.25, 0.3) is 0 Å². The number of fused-ring (bicyclic) bond motifs is 1. The lowest BCUT2D eigenvalue weighted by molar-refractivity contribution is -0.304. The monoisotopic (exact) mass is 596 g/mol. The van der Waals surface area contributed by atoms with Crippen LogP contribution in [-0.2, 0) is 14.2 Å². The van der Waals surface area contributed by atoms with Gasteiger partial charge in [0.1, 0.15) is 59.4 Å². The number of hydrogen-bond donors (Lipinski definition) is 9. The Morgan fingerprint density at radius 3 is 1.93 bits per heavy atom. The zero-order valence-corrected chi connectivity index (χ0v) is 22.3. The van der Waals surface area contributed by atoms with Crippen LogP contribution >= 0.6 is 0 Å². The lowest BCUT2D eigenvalue weighted by Gasteiger charge is -2.42. The third-order valence-corrected chi connectivity index (χ3v) is 7.55. The minimum Gasteiger partial charge on any atom is -0.508 e. The van der Waals surface area contributed by atoms with Crippen LogP contribution in [0, 0.1) is 0 Å². The summed E-state index contributed by atoms with van der Waals surface area (Å²) in [7, 11) is 0. The van der Waals surface area contributed by atoms with Crippen molar-refractivity contribution in [2.24, 2.45) is 0 Å². The van der Waals surface area contributed by atoms with Crippen LogP contribution in [0.15, 0.2) is 30.3 Å². The van der Waals surface area contributed by atoms with Crippen LogP contribution in [0.1, 0.15) is 35.9 Å². The number of phenolic OH excluding ortho intramolecular Hbond substituents is 3. The molecule has 2 fully saturated rings. The van der Waals surface area contributed by atoms with Crippen molar-refractivity contribution in [2.45, 2.75) is 87.5 Å². The summed E-state index contributed by atoms with van der Waals surface area (Å²) in [6.45, 7) is 2.84. The van der Waals surface area contributed by atoms with Crippen molar-refractivity contribution >= 4 is 5.78 Å². The van der Waals surface area contributed by atoms with E-state index in [-0.39, 0.29) is 22.6 Å². The van der Waals surface area contributed by atoms with Gasteiger partial charge in [-0.2, -0.15) is 0 Å². The van der Waals surface area contributed by atoms with E-state index in [1.807, 2.05) is 0 Å². The van der Waals surface area contributed by atoms with E-state index in [2.05, 4.69) is 0 Å². The Morgan fingerprint density at radius 1 is 0.714 bits per heavy atom. The fraction of sp³-hybridized carbons (Fsp3) is 0.519. The van der Waals surface area contributed by atoms with Crippen molar-refractivity contribution in [1.29, 1.82) is 0 Å². The van der Waals surface area contributed by atoms with E-state index in [4.69, 9.17) is 23.7 Å². The van der Waals surface area contributed by atoms with E-state index < -0.39 is 96.7 Å². The summed E-state index contributed by atoms with van der Waals surface area (Å²) < 4.78 is 28.5. The fourth-order valence-corrected chi connectivity index (χ4v) is 5.08. The molecular formula is C27H32O15. The molecule has 12 atom stereocenters. The molecule has 0 amide bonds. The number of ketones is 1. The van der Waals surface area contributed by atoms with E-state index in [1.54, 1.807) is 0 Å². The molecule has 0 radical (unpaired) electrons. The van der Waals surface area contributed by atoms with Crippen molar-refractivity contribution in [3.63, 3.8) is 0 Å². The van der Waals surface area contributed by atoms with Gasteiger partial charge < -0.3 is 69.6 Å². The molecule has 0 spiro atoms. The van der Waals surface area contributed by atoms with E-state index in [9.17, 15) is 50.8 Å². The van der Waals surface area contributed by atoms with Crippen molar-refractivity contribution < 1.29 is 74.4 Å². The second kappa shape index (κ2) is 11.4. The number of rotatable bonds is 5. The number of carbonyl (C=O) groups excluding carboxylic acids is 1. The summed E-state index contributed by atoms with van der Waals surface area (Å²) in [5.74, 6) is -2.88. The number of phenols is 3. The number of aliphatic hydroxyl groups is 6. The molecule has 0 bridgehead atoms. The molecule has 2 aromatic carbocycles. The van der Waals surface area contributed by atoms with Gasteiger partial charge in [0, 0.05) is 12.1 Å². The molecule has 3 aliphatic heterocycles. The first kappa shape index (κ1) is 30.2. The van der Waals surface area contributed by atoms with E-state index in [0.717, 1.165) is 24.3 Å². The van der Waals surface area contributed by atoms with Gasteiger partial charge in [-0.15, -0.1) is 0 Å². The maximum Gasteiger partial charge on any atom is 0.229 e. The Balaban J connectivity index is 1.54. The molecule has 9 N–H and O–H groups in total. The largest absolute Gasteiger partial charge is 0.508 e. The smallest absolute Gasteiger partial charge is 0.229 e. The Kier molecular flexibility index (Phi) is 8.23. The lowest BCUT2D eigenvalue weighted by Crippen LogP contribution is -2.59. The zero-order chi connectivity index (χ0) is 30.6. The van der Waals surface area contributed by atoms with Gasteiger partial charge >= 0.3 is 0 Å². The van der Waals surface area contributed by atoms with Gasteiger partial charge in [-0.3, -0.25) is 4.79 Å². The summed E-state index contributed by atoms with van der Waals surface area (Å²) in [6, 6.07) is 5.69. The number of aromatic hydroxyl groups is 3. The number of benzene rings is 2. The predicted octanol–water partition coefficient (Wildman–Crippen LogP) is -1.46. The molecule has 2 saturated heterocycles. The van der Waals surface area contributed by atoms with E-state index >= 15 is 0 Å². The normalized spacial score (nSPS) is 38.4. The SMILES string of the molecule is C[C@@H]1O[C@H](Oc2cc(O)cc3c2C(=O)[C@H](O[C@@H]2O[C@@H](C)[C@H](O)[C@H](O)[C@@H]2O)[C@@H](c2ccc(O)c(O)c2)O3)[C@@H](O)[C@@H](O)[C@H]1O. The predicted molar refractivity (Wildman–Crippen MR) is 136 cm³/mol. The van der Waals surface area contributed by atoms with Crippen LogP contribution in [0.4, 0.5) is 0 Å². The number of carbonyl (C=O) groups is 1. The van der Waals surface area contributed by atoms with Crippen LogP contribution in [0.3, 0.4) is 0 Å². The first-order valence-corrected chi connectivity index (χ1v) is 13.1. The topological polar surface area (TPSA) is 245 Å². The molecule has 0 aliphatic carbocycles. The molecule has 3 aliphatic rings. The minimum atomic E-state index is -1.80. The highest BCUT2D eigenvalue weighted by atomic mass is 16.7. The van der Waals surface area contributed by atoms with Gasteiger partial charge in [0.15, 0.2) is 30.0 Å². The van der Waals surface area contributed by atoms with Gasteiger partial charge in [-0.05, 0) is 31.5 Å². The van der Waals surface area contributed by atoms with Gasteiger partial charge in [0.05, 0.1) is 12.2 Å². The standard InChI is InChI=1S/C27H32O15/c1-8-17(31)20(34)22(36)26(38-8)41-15-7-11(28)6-14-16(15)19(33)25(24(40-14)10-3-4-12(29)13(30)5-10)42-27-23(37)21(35)18(32)9(2)39-27/h3-9,17-18,20-32,34-37H,1-2H3/t8-,9-,17-,18-,20-,21-,22-,23-,24+,25-,26+,27-/m0/s1. The number of aliphatic hydroxyl groups excluding tert-OH is 6. The van der Waals surface area contributed by atoms with Crippen LogP contribution in [0.25, 0.3) is 0 Å². The summed E-state index contributed by atoms with van der Waals surface area (Å²) in [6.07, 6.45) is -18.1. The average Bonchev–Trinajstić information content (AvgIpc) is 2.94. The highest BCUT2D eigenvalue weighted by Gasteiger charge is 2.49. The molecule has 15 heteroatoms. The molecule has 0 aromatic heterocycles. The lowest BCUT2D eigenvalue weighted by atomic mass is 9.91. The fourth-order valence-electron chi connectivity index (χ4n) is 5.08. The van der Waals surface area contributed by atoms with Crippen molar-refractivity contribution in [2.75, 3.05) is 0 Å². The average molecular weight is 597 g/mol. The quantitative estimate of drug-likeness (QED) is 0.179. The third kappa shape index (κ3) is 5.34. The maximum atomic E-state index is 14.1. The van der Waals surface area contributed by atoms with Crippen LogP contribution in [0.5, 0.6) is 28.7 Å². The molecular weight excluding hydrogens is 564 g/mol. The molecule has 5 rings (SSSR count). The Bertz CT molecular complexity index is 1320. The first-order chi connectivity index (χ1) is 19.8. The summed E-state index contributed by atoms with van der Waals surface area (Å²) in [5.41, 5.74) is -0.184. The van der Waals surface area contributed by atoms with Crippen molar-refractivity contribution in [1.82, 2.24) is 0 Å². The van der Waals surface area contributed by atoms with Crippen LogP contribution in [-0.4, -0.2) is 119 Å². The maximum absolute atomic E-state index is 14.1. The molecule has 3 heterocycles. The molecule has 15 nitrogen and oxygen atoms in total.